The van der Waals surface area contributed by atoms with E-state index in [1.54, 1.807) is 0 Å². The van der Waals surface area contributed by atoms with E-state index in [0.717, 1.165) is 33.8 Å². The van der Waals surface area contributed by atoms with Crippen LogP contribution in [0.3, 0.4) is 0 Å². The van der Waals surface area contributed by atoms with Crippen molar-refractivity contribution >= 4 is 0 Å². The lowest BCUT2D eigenvalue weighted by atomic mass is 9.72. The second-order valence-electron chi connectivity index (χ2n) is 12.1. The van der Waals surface area contributed by atoms with Crippen LogP contribution in [0.2, 0.25) is 0 Å². The highest BCUT2D eigenvalue weighted by Crippen LogP contribution is 2.42. The molecule has 0 aliphatic rings. The maximum atomic E-state index is 9.38. The minimum Gasteiger partial charge on any atom is -0.491 e. The predicted molar refractivity (Wildman–Crippen MR) is 180 cm³/mol. The largest absolute Gasteiger partial charge is 0.491 e. The average molecular weight is 587 g/mol. The predicted octanol–water partition coefficient (Wildman–Crippen LogP) is 8.41. The summed E-state index contributed by atoms with van der Waals surface area (Å²) in [5, 5.41) is 18.8. The first-order valence-electron chi connectivity index (χ1n) is 15.2. The van der Waals surface area contributed by atoms with Crippen molar-refractivity contribution in [3.8, 4) is 33.8 Å². The molecule has 2 N–H and O–H groups in total. The lowest BCUT2D eigenvalue weighted by Gasteiger charge is -2.31. The maximum Gasteiger partial charge on any atom is 0.127 e. The van der Waals surface area contributed by atoms with E-state index >= 15 is 0 Å². The Morgan fingerprint density at radius 1 is 0.455 bits per heavy atom. The molecule has 0 unspecified atom stereocenters. The molecule has 0 aliphatic heterocycles. The maximum absolute atomic E-state index is 9.38. The van der Waals surface area contributed by atoms with Gasteiger partial charge >= 0.3 is 0 Å². The Labute approximate surface area is 261 Å². The monoisotopic (exact) mass is 586 g/mol. The molecule has 0 aliphatic carbocycles. The van der Waals surface area contributed by atoms with E-state index in [1.165, 1.54) is 22.3 Å². The first kappa shape index (κ1) is 31.1. The molecule has 0 aromatic heterocycles. The van der Waals surface area contributed by atoms with E-state index in [2.05, 4.69) is 100 Å². The zero-order valence-corrected chi connectivity index (χ0v) is 26.1. The smallest absolute Gasteiger partial charge is 0.127 e. The van der Waals surface area contributed by atoms with E-state index < -0.39 is 0 Å². The third kappa shape index (κ3) is 6.57. The SMILES string of the molecule is CC(C)(c1cccc(C(C)(C)c2ccc(OCCO)c(-c3ccccc3)c2)c1)c1ccc(OCCO)c(-c2ccccc2)c1. The molecule has 4 heteroatoms. The van der Waals surface area contributed by atoms with Crippen LogP contribution in [0.15, 0.2) is 121 Å². The lowest BCUT2D eigenvalue weighted by Crippen LogP contribution is -2.23. The van der Waals surface area contributed by atoms with Gasteiger partial charge in [-0.1, -0.05) is 125 Å². The van der Waals surface area contributed by atoms with Crippen LogP contribution in [0.25, 0.3) is 22.3 Å². The summed E-state index contributed by atoms with van der Waals surface area (Å²) in [4.78, 5) is 0. The van der Waals surface area contributed by atoms with Crippen LogP contribution in [-0.4, -0.2) is 36.6 Å². The molecule has 0 fully saturated rings. The Balaban J connectivity index is 1.53. The minimum atomic E-state index is -0.289. The molecule has 4 nitrogen and oxygen atoms in total. The first-order chi connectivity index (χ1) is 21.3. The van der Waals surface area contributed by atoms with Crippen LogP contribution in [0.1, 0.15) is 49.9 Å². The quantitative estimate of drug-likeness (QED) is 0.154. The van der Waals surface area contributed by atoms with Gasteiger partial charge in [0.1, 0.15) is 24.7 Å². The summed E-state index contributed by atoms with van der Waals surface area (Å²) in [5.41, 5.74) is 8.40. The Kier molecular flexibility index (Phi) is 9.53. The number of hydrogen-bond acceptors (Lipinski definition) is 4. The van der Waals surface area contributed by atoms with Gasteiger partial charge in [-0.3, -0.25) is 0 Å². The molecular weight excluding hydrogens is 544 g/mol. The zero-order valence-electron chi connectivity index (χ0n) is 26.1. The number of aliphatic hydroxyl groups is 2. The van der Waals surface area contributed by atoms with Crippen molar-refractivity contribution in [1.82, 2.24) is 0 Å². The summed E-state index contributed by atoms with van der Waals surface area (Å²) < 4.78 is 11.9. The standard InChI is InChI=1S/C40H42O4/c1-39(2,33-18-20-37(43-24-22-41)35(27-33)29-12-7-5-8-13-29)31-16-11-17-32(26-31)40(3,4)34-19-21-38(44-25-23-42)36(28-34)30-14-9-6-10-15-30/h5-21,26-28,41-42H,22-25H2,1-4H3. The second kappa shape index (κ2) is 13.5. The van der Waals surface area contributed by atoms with Gasteiger partial charge in [0, 0.05) is 22.0 Å². The molecule has 0 atom stereocenters. The van der Waals surface area contributed by atoms with Crippen LogP contribution in [0.5, 0.6) is 11.5 Å². The molecule has 44 heavy (non-hydrogen) atoms. The van der Waals surface area contributed by atoms with Crippen molar-refractivity contribution < 1.29 is 19.7 Å². The Hall–Kier alpha value is -4.38. The molecule has 0 heterocycles. The highest BCUT2D eigenvalue weighted by Gasteiger charge is 2.29. The molecule has 5 rings (SSSR count). The van der Waals surface area contributed by atoms with E-state index in [9.17, 15) is 10.2 Å². The molecule has 0 radical (unpaired) electrons. The summed E-state index contributed by atoms with van der Waals surface area (Å²) >= 11 is 0. The third-order valence-electron chi connectivity index (χ3n) is 8.58. The summed E-state index contributed by atoms with van der Waals surface area (Å²) in [6, 6.07) is 42.1. The van der Waals surface area contributed by atoms with Crippen molar-refractivity contribution in [3.05, 3.63) is 144 Å². The Bertz CT molecular complexity index is 1550. The lowest BCUT2D eigenvalue weighted by molar-refractivity contribution is 0.202. The molecule has 5 aromatic carbocycles. The molecule has 0 saturated carbocycles. The van der Waals surface area contributed by atoms with Gasteiger partial charge in [-0.25, -0.2) is 0 Å². The van der Waals surface area contributed by atoms with E-state index in [-0.39, 0.29) is 37.3 Å². The van der Waals surface area contributed by atoms with Gasteiger partial charge in [0.05, 0.1) is 13.2 Å². The van der Waals surface area contributed by atoms with Gasteiger partial charge in [-0.05, 0) is 57.6 Å². The normalized spacial score (nSPS) is 11.8. The van der Waals surface area contributed by atoms with E-state index in [1.807, 2.05) is 48.5 Å². The van der Waals surface area contributed by atoms with Gasteiger partial charge in [0.25, 0.3) is 0 Å². The van der Waals surface area contributed by atoms with Crippen molar-refractivity contribution in [1.29, 1.82) is 0 Å². The van der Waals surface area contributed by atoms with E-state index in [0.29, 0.717) is 0 Å². The van der Waals surface area contributed by atoms with Crippen LogP contribution in [-0.2, 0) is 10.8 Å². The molecule has 0 spiro atoms. The zero-order chi connectivity index (χ0) is 31.2. The number of hydrogen-bond donors (Lipinski definition) is 2. The average Bonchev–Trinajstić information content (AvgIpc) is 3.07. The molecular formula is C40H42O4. The van der Waals surface area contributed by atoms with Crippen LogP contribution < -0.4 is 9.47 Å². The topological polar surface area (TPSA) is 58.9 Å². The summed E-state index contributed by atoms with van der Waals surface area (Å²) in [6.45, 7) is 9.48. The van der Waals surface area contributed by atoms with Gasteiger partial charge in [-0.2, -0.15) is 0 Å². The summed E-state index contributed by atoms with van der Waals surface area (Å²) in [7, 11) is 0. The van der Waals surface area contributed by atoms with Gasteiger partial charge in [0.2, 0.25) is 0 Å². The summed E-state index contributed by atoms with van der Waals surface area (Å²) in [5.74, 6) is 1.53. The van der Waals surface area contributed by atoms with Gasteiger partial charge in [-0.15, -0.1) is 0 Å². The van der Waals surface area contributed by atoms with Gasteiger partial charge < -0.3 is 19.7 Å². The highest BCUT2D eigenvalue weighted by molar-refractivity contribution is 5.73. The first-order valence-corrected chi connectivity index (χ1v) is 15.2. The number of benzene rings is 5. The van der Waals surface area contributed by atoms with Gasteiger partial charge in [0.15, 0.2) is 0 Å². The van der Waals surface area contributed by atoms with Crippen LogP contribution in [0, 0.1) is 0 Å². The summed E-state index contributed by atoms with van der Waals surface area (Å²) in [6.07, 6.45) is 0. The van der Waals surface area contributed by atoms with Crippen LogP contribution in [0.4, 0.5) is 0 Å². The number of rotatable bonds is 12. The van der Waals surface area contributed by atoms with Crippen molar-refractivity contribution in [2.45, 2.75) is 38.5 Å². The Morgan fingerprint density at radius 2 is 0.841 bits per heavy atom. The highest BCUT2D eigenvalue weighted by atomic mass is 16.5. The fraction of sp³-hybridized carbons (Fsp3) is 0.250. The molecule has 0 bridgehead atoms. The fourth-order valence-corrected chi connectivity index (χ4v) is 5.72. The number of ether oxygens (including phenoxy) is 2. The van der Waals surface area contributed by atoms with E-state index in [4.69, 9.17) is 9.47 Å². The molecule has 226 valence electrons. The number of aliphatic hydroxyl groups excluding tert-OH is 2. The van der Waals surface area contributed by atoms with Crippen molar-refractivity contribution in [3.63, 3.8) is 0 Å². The molecule has 5 aromatic rings. The van der Waals surface area contributed by atoms with Crippen LogP contribution >= 0.6 is 0 Å². The molecule has 0 saturated heterocycles. The Morgan fingerprint density at radius 3 is 1.23 bits per heavy atom. The van der Waals surface area contributed by atoms with Crippen molar-refractivity contribution in [2.75, 3.05) is 26.4 Å². The van der Waals surface area contributed by atoms with Crippen molar-refractivity contribution in [2.24, 2.45) is 0 Å². The molecule has 0 amide bonds. The second-order valence-corrected chi connectivity index (χ2v) is 12.1. The third-order valence-corrected chi connectivity index (χ3v) is 8.58. The fourth-order valence-electron chi connectivity index (χ4n) is 5.72. The minimum absolute atomic E-state index is 0.0324.